The van der Waals surface area contributed by atoms with Crippen LogP contribution in [0.2, 0.25) is 0 Å². The number of hydrogen-bond donors (Lipinski definition) is 1. The number of fused-ring (bicyclic) bond motifs is 1. The van der Waals surface area contributed by atoms with Crippen molar-refractivity contribution in [2.75, 3.05) is 13.1 Å². The van der Waals surface area contributed by atoms with Gasteiger partial charge in [-0.1, -0.05) is 36.8 Å². The van der Waals surface area contributed by atoms with Crippen molar-refractivity contribution in [3.63, 3.8) is 0 Å². The van der Waals surface area contributed by atoms with Gasteiger partial charge in [0, 0.05) is 30.6 Å². The molecular formula is C20H25N3OS. The largest absolute Gasteiger partial charge is 0.387 e. The number of rotatable bonds is 7. The van der Waals surface area contributed by atoms with E-state index in [1.165, 1.54) is 29.8 Å². The molecule has 4 rings (SSSR count). The minimum atomic E-state index is -0.462. The molecule has 0 radical (unpaired) electrons. The first-order valence-electron chi connectivity index (χ1n) is 9.07. The van der Waals surface area contributed by atoms with Crippen LogP contribution in [-0.4, -0.2) is 32.5 Å². The van der Waals surface area contributed by atoms with Crippen molar-refractivity contribution in [1.29, 1.82) is 0 Å². The predicted molar refractivity (Wildman–Crippen MR) is 102 cm³/mol. The third kappa shape index (κ3) is 3.50. The van der Waals surface area contributed by atoms with Gasteiger partial charge >= 0.3 is 0 Å². The van der Waals surface area contributed by atoms with Crippen LogP contribution in [0.25, 0.3) is 4.96 Å². The van der Waals surface area contributed by atoms with Crippen molar-refractivity contribution >= 4 is 16.3 Å². The van der Waals surface area contributed by atoms with Crippen LogP contribution in [0.1, 0.15) is 54.3 Å². The molecule has 0 amide bonds. The van der Waals surface area contributed by atoms with Crippen LogP contribution in [0.3, 0.4) is 0 Å². The Labute approximate surface area is 152 Å². The third-order valence-corrected chi connectivity index (χ3v) is 5.83. The summed E-state index contributed by atoms with van der Waals surface area (Å²) < 4.78 is 2.24. The van der Waals surface area contributed by atoms with Crippen LogP contribution >= 0.6 is 11.3 Å². The lowest BCUT2D eigenvalue weighted by molar-refractivity contribution is 0.111. The summed E-state index contributed by atoms with van der Waals surface area (Å²) in [7, 11) is 0. The maximum Gasteiger partial charge on any atom is 0.194 e. The number of aromatic nitrogens is 2. The second-order valence-corrected chi connectivity index (χ2v) is 7.90. The molecule has 5 heteroatoms. The number of aliphatic hydroxyl groups is 1. The first kappa shape index (κ1) is 16.8. The SMILES string of the molecule is CCN(Cc1c(C2CC2)nc2sccn12)CC(O)c1ccc(C)cc1. The van der Waals surface area contributed by atoms with Crippen molar-refractivity contribution in [3.8, 4) is 0 Å². The van der Waals surface area contributed by atoms with Gasteiger partial charge in [0.05, 0.1) is 17.5 Å². The highest BCUT2D eigenvalue weighted by atomic mass is 32.1. The summed E-state index contributed by atoms with van der Waals surface area (Å²) in [5.74, 6) is 0.642. The molecular weight excluding hydrogens is 330 g/mol. The van der Waals surface area contributed by atoms with Gasteiger partial charge in [0.2, 0.25) is 0 Å². The maximum atomic E-state index is 10.6. The molecule has 1 aliphatic carbocycles. The highest BCUT2D eigenvalue weighted by molar-refractivity contribution is 7.15. The van der Waals surface area contributed by atoms with Gasteiger partial charge in [0.1, 0.15) is 0 Å². The second-order valence-electron chi connectivity index (χ2n) is 7.03. The van der Waals surface area contributed by atoms with E-state index < -0.39 is 6.10 Å². The second kappa shape index (κ2) is 6.90. The van der Waals surface area contributed by atoms with Crippen molar-refractivity contribution in [2.24, 2.45) is 0 Å². The van der Waals surface area contributed by atoms with E-state index >= 15 is 0 Å². The molecule has 132 valence electrons. The normalized spacial score (nSPS) is 16.0. The molecule has 3 aromatic rings. The Balaban J connectivity index is 1.53. The van der Waals surface area contributed by atoms with E-state index in [-0.39, 0.29) is 0 Å². The first-order chi connectivity index (χ1) is 12.2. The van der Waals surface area contributed by atoms with Crippen molar-refractivity contribution < 1.29 is 5.11 Å². The minimum absolute atomic E-state index is 0.462. The predicted octanol–water partition coefficient (Wildman–Crippen LogP) is 4.14. The van der Waals surface area contributed by atoms with Gasteiger partial charge in [-0.25, -0.2) is 4.98 Å². The zero-order valence-corrected chi connectivity index (χ0v) is 15.7. The van der Waals surface area contributed by atoms with Gasteiger partial charge < -0.3 is 5.11 Å². The summed E-state index contributed by atoms with van der Waals surface area (Å²) in [5, 5.41) is 12.7. The molecule has 0 bridgehead atoms. The Bertz CT molecular complexity index is 848. The number of thiazole rings is 1. The van der Waals surface area contributed by atoms with E-state index in [2.05, 4.69) is 46.9 Å². The summed E-state index contributed by atoms with van der Waals surface area (Å²) in [6, 6.07) is 8.18. The summed E-state index contributed by atoms with van der Waals surface area (Å²) >= 11 is 1.70. The molecule has 1 atom stereocenters. The van der Waals surface area contributed by atoms with Crippen molar-refractivity contribution in [2.45, 2.75) is 45.3 Å². The minimum Gasteiger partial charge on any atom is -0.387 e. The van der Waals surface area contributed by atoms with E-state index in [9.17, 15) is 5.11 Å². The van der Waals surface area contributed by atoms with E-state index in [1.54, 1.807) is 11.3 Å². The molecule has 1 unspecified atom stereocenters. The van der Waals surface area contributed by atoms with Gasteiger partial charge in [0.25, 0.3) is 0 Å². The molecule has 1 aromatic carbocycles. The van der Waals surface area contributed by atoms with Gasteiger partial charge in [-0.3, -0.25) is 9.30 Å². The standard InChI is InChI=1S/C20H25N3OS/c1-3-22(13-18(24)15-6-4-14(2)5-7-15)12-17-19(16-8-9-16)21-20-23(17)10-11-25-20/h4-7,10-11,16,18,24H,3,8-9,12-13H2,1-2H3. The van der Waals surface area contributed by atoms with Gasteiger partial charge in [-0.05, 0) is 31.9 Å². The average Bonchev–Trinajstić information content (AvgIpc) is 3.26. The summed E-state index contributed by atoms with van der Waals surface area (Å²) in [4.78, 5) is 8.27. The first-order valence-corrected chi connectivity index (χ1v) is 9.95. The van der Waals surface area contributed by atoms with Crippen molar-refractivity contribution in [3.05, 3.63) is 58.4 Å². The molecule has 2 heterocycles. The summed E-state index contributed by atoms with van der Waals surface area (Å²) in [5.41, 5.74) is 4.78. The van der Waals surface area contributed by atoms with Gasteiger partial charge in [0.15, 0.2) is 4.96 Å². The highest BCUT2D eigenvalue weighted by Gasteiger charge is 2.31. The number of likely N-dealkylation sites (N-methyl/N-ethyl adjacent to an activating group) is 1. The molecule has 2 aromatic heterocycles. The molecule has 0 spiro atoms. The zero-order chi connectivity index (χ0) is 17.4. The van der Waals surface area contributed by atoms with Crippen molar-refractivity contribution in [1.82, 2.24) is 14.3 Å². The van der Waals surface area contributed by atoms with Crippen LogP contribution in [0.4, 0.5) is 0 Å². The number of benzene rings is 1. The van der Waals surface area contributed by atoms with Crippen LogP contribution < -0.4 is 0 Å². The highest BCUT2D eigenvalue weighted by Crippen LogP contribution is 2.42. The lowest BCUT2D eigenvalue weighted by Crippen LogP contribution is -2.29. The Morgan fingerprint density at radius 3 is 2.76 bits per heavy atom. The Kier molecular flexibility index (Phi) is 4.63. The number of hydrogen-bond acceptors (Lipinski definition) is 4. The molecule has 0 aliphatic heterocycles. The number of imidazole rings is 1. The van der Waals surface area contributed by atoms with Gasteiger partial charge in [-0.2, -0.15) is 0 Å². The Morgan fingerprint density at radius 2 is 2.08 bits per heavy atom. The zero-order valence-electron chi connectivity index (χ0n) is 14.9. The number of nitrogens with zero attached hydrogens (tertiary/aromatic N) is 3. The fourth-order valence-electron chi connectivity index (χ4n) is 3.35. The van der Waals surface area contributed by atoms with Gasteiger partial charge in [-0.15, -0.1) is 11.3 Å². The Hall–Kier alpha value is -1.69. The van der Waals surface area contributed by atoms with E-state index in [0.29, 0.717) is 12.5 Å². The number of aryl methyl sites for hydroxylation is 1. The fraction of sp³-hybridized carbons (Fsp3) is 0.450. The summed E-state index contributed by atoms with van der Waals surface area (Å²) in [6.07, 6.45) is 4.18. The van der Waals surface area contributed by atoms with Crippen LogP contribution in [0.15, 0.2) is 35.8 Å². The Morgan fingerprint density at radius 1 is 1.32 bits per heavy atom. The third-order valence-electron chi connectivity index (χ3n) is 5.07. The molecule has 25 heavy (non-hydrogen) atoms. The van der Waals surface area contributed by atoms with E-state index in [0.717, 1.165) is 23.6 Å². The molecule has 1 fully saturated rings. The van der Waals surface area contributed by atoms with E-state index in [4.69, 9.17) is 4.98 Å². The van der Waals surface area contributed by atoms with Crippen LogP contribution in [-0.2, 0) is 6.54 Å². The molecule has 4 nitrogen and oxygen atoms in total. The lowest BCUT2D eigenvalue weighted by atomic mass is 10.1. The summed E-state index contributed by atoms with van der Waals surface area (Å²) in [6.45, 7) is 6.61. The quantitative estimate of drug-likeness (QED) is 0.692. The topological polar surface area (TPSA) is 40.8 Å². The van der Waals surface area contributed by atoms with Crippen LogP contribution in [0.5, 0.6) is 0 Å². The average molecular weight is 356 g/mol. The lowest BCUT2D eigenvalue weighted by Gasteiger charge is -2.24. The molecule has 1 saturated carbocycles. The molecule has 0 saturated heterocycles. The van der Waals surface area contributed by atoms with Crippen LogP contribution in [0, 0.1) is 6.92 Å². The maximum absolute atomic E-state index is 10.6. The molecule has 1 N–H and O–H groups in total. The molecule has 1 aliphatic rings. The smallest absolute Gasteiger partial charge is 0.194 e. The monoisotopic (exact) mass is 355 g/mol. The number of aliphatic hydroxyl groups excluding tert-OH is 1. The van der Waals surface area contributed by atoms with E-state index in [1.807, 2.05) is 12.1 Å². The fourth-order valence-corrected chi connectivity index (χ4v) is 4.09.